The van der Waals surface area contributed by atoms with Crippen molar-refractivity contribution >= 4 is 65.2 Å². The van der Waals surface area contributed by atoms with Gasteiger partial charge in [0, 0.05) is 67.7 Å². The minimum Gasteiger partial charge on any atom is -0.309 e. The van der Waals surface area contributed by atoms with Gasteiger partial charge in [0.05, 0.1) is 22.1 Å². The maximum absolute atomic E-state index is 5.09. The first kappa shape index (κ1) is 27.7. The van der Waals surface area contributed by atoms with Crippen molar-refractivity contribution in [3.05, 3.63) is 170 Å². The molecule has 0 saturated carbocycles. The first-order valence-electron chi connectivity index (χ1n) is 17.7. The average molecular weight is 661 g/mol. The molecule has 0 saturated heterocycles. The van der Waals surface area contributed by atoms with Gasteiger partial charge < -0.3 is 4.57 Å². The lowest BCUT2D eigenvalue weighted by Crippen LogP contribution is -2.00. The summed E-state index contributed by atoms with van der Waals surface area (Å²) < 4.78 is 4.75. The fourth-order valence-corrected chi connectivity index (χ4v) is 8.88. The van der Waals surface area contributed by atoms with Gasteiger partial charge >= 0.3 is 0 Å². The molecule has 1 aliphatic rings. The van der Waals surface area contributed by atoms with Crippen LogP contribution < -0.4 is 0 Å². The molecule has 0 spiro atoms. The van der Waals surface area contributed by atoms with Gasteiger partial charge in [-0.05, 0) is 93.7 Å². The molecule has 4 aromatic heterocycles. The molecule has 4 nitrogen and oxygen atoms in total. The molecular weight excluding hydrogens is 633 g/mol. The van der Waals surface area contributed by atoms with Gasteiger partial charge in [-0.15, -0.1) is 0 Å². The summed E-state index contributed by atoms with van der Waals surface area (Å²) in [5, 5.41) is 9.81. The molecule has 0 amide bonds. The van der Waals surface area contributed by atoms with E-state index in [2.05, 4.69) is 166 Å². The molecule has 4 heteroatoms. The van der Waals surface area contributed by atoms with Crippen molar-refractivity contribution in [1.82, 2.24) is 19.1 Å². The molecule has 0 fully saturated rings. The number of hydrogen-bond acceptors (Lipinski definition) is 2. The van der Waals surface area contributed by atoms with Crippen molar-refractivity contribution in [3.63, 3.8) is 0 Å². The number of nitrogens with zero attached hydrogens (tertiary/aromatic N) is 4. The Morgan fingerprint density at radius 3 is 1.92 bits per heavy atom. The van der Waals surface area contributed by atoms with Crippen molar-refractivity contribution in [3.8, 4) is 44.9 Å². The van der Waals surface area contributed by atoms with Crippen molar-refractivity contribution in [2.24, 2.45) is 0 Å². The minimum absolute atomic E-state index is 0.935. The number of aromatic nitrogens is 4. The SMILES string of the molecule is c1ccc(-n2c3ccc(-c4ccc5c(c4)c4ccccc4n5-c4nccc5c4-c4cncc6cccc-5c46)cc3c3cc4ccccc4cc32)cc1. The van der Waals surface area contributed by atoms with Crippen molar-refractivity contribution < 1.29 is 0 Å². The average Bonchev–Trinajstić information content (AvgIpc) is 3.83. The Morgan fingerprint density at radius 1 is 0.404 bits per heavy atom. The maximum atomic E-state index is 5.09. The van der Waals surface area contributed by atoms with Gasteiger partial charge in [0.1, 0.15) is 5.82 Å². The minimum atomic E-state index is 0.935. The fourth-order valence-electron chi connectivity index (χ4n) is 8.88. The van der Waals surface area contributed by atoms with Crippen LogP contribution in [0, 0.1) is 0 Å². The lowest BCUT2D eigenvalue weighted by Gasteiger charge is -2.13. The second-order valence-electron chi connectivity index (χ2n) is 13.9. The van der Waals surface area contributed by atoms with Crippen LogP contribution in [0.25, 0.3) is 110 Å². The van der Waals surface area contributed by atoms with E-state index in [0.717, 1.165) is 39.1 Å². The number of pyridine rings is 2. The molecule has 0 aliphatic heterocycles. The van der Waals surface area contributed by atoms with Crippen molar-refractivity contribution in [1.29, 1.82) is 0 Å². The lowest BCUT2D eigenvalue weighted by atomic mass is 10.00. The fraction of sp³-hybridized carbons (Fsp3) is 0. The third-order valence-corrected chi connectivity index (χ3v) is 11.1. The van der Waals surface area contributed by atoms with Gasteiger partial charge in [-0.1, -0.05) is 91.0 Å². The third kappa shape index (κ3) is 3.70. The molecule has 12 rings (SSSR count). The van der Waals surface area contributed by atoms with E-state index in [9.17, 15) is 0 Å². The molecule has 240 valence electrons. The van der Waals surface area contributed by atoms with Crippen LogP contribution in [0.5, 0.6) is 0 Å². The van der Waals surface area contributed by atoms with Crippen LogP contribution >= 0.6 is 0 Å². The second kappa shape index (κ2) is 10.3. The zero-order valence-corrected chi connectivity index (χ0v) is 28.0. The summed E-state index contributed by atoms with van der Waals surface area (Å²) in [5.74, 6) is 0.935. The molecule has 0 atom stereocenters. The van der Waals surface area contributed by atoms with Gasteiger partial charge in [0.2, 0.25) is 0 Å². The molecule has 11 aromatic rings. The van der Waals surface area contributed by atoms with Crippen molar-refractivity contribution in [2.45, 2.75) is 0 Å². The summed E-state index contributed by atoms with van der Waals surface area (Å²) in [6.07, 6.45) is 5.91. The van der Waals surface area contributed by atoms with Crippen LogP contribution in [0.2, 0.25) is 0 Å². The summed E-state index contributed by atoms with van der Waals surface area (Å²) in [5.41, 5.74) is 13.0. The number of rotatable bonds is 3. The van der Waals surface area contributed by atoms with Crippen molar-refractivity contribution in [2.75, 3.05) is 0 Å². The van der Waals surface area contributed by atoms with Gasteiger partial charge in [-0.3, -0.25) is 9.55 Å². The van der Waals surface area contributed by atoms with Gasteiger partial charge in [0.25, 0.3) is 0 Å². The van der Waals surface area contributed by atoms with Gasteiger partial charge in [0.15, 0.2) is 0 Å². The molecule has 0 bridgehead atoms. The number of hydrogen-bond donors (Lipinski definition) is 0. The van der Waals surface area contributed by atoms with Crippen LogP contribution in [0.3, 0.4) is 0 Å². The van der Waals surface area contributed by atoms with Crippen LogP contribution in [-0.4, -0.2) is 19.1 Å². The Labute approximate surface area is 298 Å². The highest BCUT2D eigenvalue weighted by Gasteiger charge is 2.27. The predicted molar refractivity (Wildman–Crippen MR) is 216 cm³/mol. The highest BCUT2D eigenvalue weighted by Crippen LogP contribution is 2.50. The van der Waals surface area contributed by atoms with Crippen LogP contribution in [0.1, 0.15) is 0 Å². The molecule has 1 aliphatic carbocycles. The Balaban J connectivity index is 1.09. The summed E-state index contributed by atoms with van der Waals surface area (Å²) in [7, 11) is 0. The number of para-hydroxylation sites is 2. The molecule has 7 aromatic carbocycles. The van der Waals surface area contributed by atoms with E-state index >= 15 is 0 Å². The molecule has 0 N–H and O–H groups in total. The Morgan fingerprint density at radius 2 is 1.08 bits per heavy atom. The topological polar surface area (TPSA) is 35.6 Å². The van der Waals surface area contributed by atoms with E-state index in [1.54, 1.807) is 0 Å². The number of fused-ring (bicyclic) bond motifs is 10. The first-order chi connectivity index (χ1) is 25.8. The summed E-state index contributed by atoms with van der Waals surface area (Å²) in [4.78, 5) is 9.73. The van der Waals surface area contributed by atoms with E-state index in [-0.39, 0.29) is 0 Å². The Kier molecular flexibility index (Phi) is 5.47. The molecule has 0 unspecified atom stereocenters. The normalized spacial score (nSPS) is 12.2. The largest absolute Gasteiger partial charge is 0.309 e. The lowest BCUT2D eigenvalue weighted by molar-refractivity contribution is 1.09. The van der Waals surface area contributed by atoms with E-state index in [1.807, 2.05) is 18.6 Å². The summed E-state index contributed by atoms with van der Waals surface area (Å²) in [6, 6.07) is 55.2. The van der Waals surface area contributed by atoms with Crippen LogP contribution in [0.15, 0.2) is 170 Å². The Hall–Kier alpha value is -7.04. The van der Waals surface area contributed by atoms with Crippen LogP contribution in [-0.2, 0) is 0 Å². The molecule has 0 radical (unpaired) electrons. The first-order valence-corrected chi connectivity index (χ1v) is 17.7. The quantitative estimate of drug-likeness (QED) is 0.189. The zero-order valence-electron chi connectivity index (χ0n) is 28.0. The van der Waals surface area contributed by atoms with E-state index in [0.29, 0.717) is 0 Å². The smallest absolute Gasteiger partial charge is 0.146 e. The molecule has 4 heterocycles. The van der Waals surface area contributed by atoms with Crippen LogP contribution in [0.4, 0.5) is 0 Å². The van der Waals surface area contributed by atoms with Gasteiger partial charge in [-0.25, -0.2) is 4.98 Å². The highest BCUT2D eigenvalue weighted by atomic mass is 15.1. The van der Waals surface area contributed by atoms with E-state index < -0.39 is 0 Å². The molecule has 52 heavy (non-hydrogen) atoms. The van der Waals surface area contributed by atoms with E-state index in [4.69, 9.17) is 4.98 Å². The third-order valence-electron chi connectivity index (χ3n) is 11.1. The second-order valence-corrected chi connectivity index (χ2v) is 13.9. The summed E-state index contributed by atoms with van der Waals surface area (Å²) in [6.45, 7) is 0. The monoisotopic (exact) mass is 660 g/mol. The number of benzene rings is 7. The van der Waals surface area contributed by atoms with E-state index in [1.165, 1.54) is 71.0 Å². The standard InChI is InChI=1S/C48H28N4/c1-2-12-34(13-3-1)51-43-19-17-32(25-39(43)40-23-29-9-4-5-10-30(29)26-45(40)51)31-18-20-44-38(24-31)35-14-6-7-16-42(35)52(44)48-47-37(21-22-50-48)36-15-8-11-33-27-49-28-41(47)46(33)36/h1-28H. The summed E-state index contributed by atoms with van der Waals surface area (Å²) >= 11 is 0. The van der Waals surface area contributed by atoms with Gasteiger partial charge in [-0.2, -0.15) is 0 Å². The zero-order chi connectivity index (χ0) is 33.9. The highest BCUT2D eigenvalue weighted by molar-refractivity contribution is 6.18. The maximum Gasteiger partial charge on any atom is 0.146 e. The Bertz CT molecular complexity index is 3290. The predicted octanol–water partition coefficient (Wildman–Crippen LogP) is 12.3. The molecular formula is C48H28N4.